The van der Waals surface area contributed by atoms with Gasteiger partial charge in [-0.25, -0.2) is 0 Å². The van der Waals surface area contributed by atoms with E-state index < -0.39 is 0 Å². The van der Waals surface area contributed by atoms with Gasteiger partial charge in [-0.05, 0) is 27.6 Å². The first-order valence-corrected chi connectivity index (χ1v) is 3.97. The third-order valence-electron chi connectivity index (χ3n) is 1.60. The first kappa shape index (κ1) is 6.10. The number of hydrogen-bond donors (Lipinski definition) is 0. The second-order valence-electron chi connectivity index (χ2n) is 2.26. The van der Waals surface area contributed by atoms with Gasteiger partial charge in [0.25, 0.3) is 0 Å². The number of halogens is 1. The van der Waals surface area contributed by atoms with Gasteiger partial charge in [-0.1, -0.05) is 12.1 Å². The van der Waals surface area contributed by atoms with E-state index in [0.717, 1.165) is 16.6 Å². The Bertz CT molecular complexity index is 291. The van der Waals surface area contributed by atoms with E-state index in [1.165, 1.54) is 5.56 Å². The zero-order valence-corrected chi connectivity index (χ0v) is 6.93. The molecule has 0 unspecified atom stereocenters. The van der Waals surface area contributed by atoms with Crippen LogP contribution in [0, 0.1) is 0 Å². The number of rotatable bonds is 0. The average Bonchev–Trinajstić information content (AvgIpc) is 2.36. The van der Waals surface area contributed by atoms with Crippen molar-refractivity contribution < 1.29 is 0 Å². The standard InChI is InChI=1S/C8H6BrN/c9-7-3-1-2-6-4-5-10-8(6)7/h1-3,5H,4H2. The monoisotopic (exact) mass is 195 g/mol. The molecule has 50 valence electrons. The first-order valence-electron chi connectivity index (χ1n) is 3.18. The first-order chi connectivity index (χ1) is 4.88. The van der Waals surface area contributed by atoms with Crippen molar-refractivity contribution in [3.8, 4) is 0 Å². The Hall–Kier alpha value is -0.630. The predicted octanol–water partition coefficient (Wildman–Crippen LogP) is 2.71. The van der Waals surface area contributed by atoms with Crippen LogP contribution < -0.4 is 0 Å². The maximum atomic E-state index is 4.23. The largest absolute Gasteiger partial charge is 0.259 e. The molecule has 0 aliphatic carbocycles. The van der Waals surface area contributed by atoms with E-state index in [0.29, 0.717) is 0 Å². The lowest BCUT2D eigenvalue weighted by atomic mass is 10.2. The number of fused-ring (bicyclic) bond motifs is 1. The number of benzene rings is 1. The summed E-state index contributed by atoms with van der Waals surface area (Å²) >= 11 is 3.43. The normalized spacial score (nSPS) is 13.7. The molecule has 2 heteroatoms. The van der Waals surface area contributed by atoms with Gasteiger partial charge in [-0.15, -0.1) is 0 Å². The fraction of sp³-hybridized carbons (Fsp3) is 0.125. The summed E-state index contributed by atoms with van der Waals surface area (Å²) in [6.07, 6.45) is 2.92. The summed E-state index contributed by atoms with van der Waals surface area (Å²) < 4.78 is 1.10. The van der Waals surface area contributed by atoms with Gasteiger partial charge in [-0.2, -0.15) is 0 Å². The number of hydrogen-bond acceptors (Lipinski definition) is 1. The molecular formula is C8H6BrN. The molecule has 2 rings (SSSR count). The Morgan fingerprint density at radius 1 is 1.40 bits per heavy atom. The van der Waals surface area contributed by atoms with Gasteiger partial charge < -0.3 is 0 Å². The molecule has 0 fully saturated rings. The zero-order valence-electron chi connectivity index (χ0n) is 5.34. The van der Waals surface area contributed by atoms with Gasteiger partial charge in [-0.3, -0.25) is 4.99 Å². The fourth-order valence-corrected chi connectivity index (χ4v) is 1.61. The molecule has 1 aliphatic heterocycles. The summed E-state index contributed by atoms with van der Waals surface area (Å²) in [6.45, 7) is 0. The third kappa shape index (κ3) is 0.797. The molecule has 1 nitrogen and oxygen atoms in total. The zero-order chi connectivity index (χ0) is 6.97. The Labute approximate surface area is 67.9 Å². The van der Waals surface area contributed by atoms with Crippen molar-refractivity contribution in [1.29, 1.82) is 0 Å². The second-order valence-corrected chi connectivity index (χ2v) is 3.12. The van der Waals surface area contributed by atoms with E-state index in [-0.39, 0.29) is 0 Å². The molecule has 0 bridgehead atoms. The van der Waals surface area contributed by atoms with Crippen molar-refractivity contribution in [2.24, 2.45) is 4.99 Å². The van der Waals surface area contributed by atoms with Gasteiger partial charge >= 0.3 is 0 Å². The molecule has 1 aliphatic rings. The van der Waals surface area contributed by atoms with Crippen LogP contribution in [-0.2, 0) is 6.42 Å². The quantitative estimate of drug-likeness (QED) is 0.604. The Balaban J connectivity index is 2.67. The minimum Gasteiger partial charge on any atom is -0.259 e. The van der Waals surface area contributed by atoms with Crippen LogP contribution in [0.25, 0.3) is 0 Å². The highest BCUT2D eigenvalue weighted by Gasteiger charge is 2.07. The Kier molecular flexibility index (Phi) is 1.34. The summed E-state index contributed by atoms with van der Waals surface area (Å²) in [5.41, 5.74) is 2.41. The van der Waals surface area contributed by atoms with Gasteiger partial charge in [0, 0.05) is 17.1 Å². The van der Waals surface area contributed by atoms with Crippen LogP contribution in [0.4, 0.5) is 5.69 Å². The molecule has 0 aromatic heterocycles. The summed E-state index contributed by atoms with van der Waals surface area (Å²) in [6, 6.07) is 6.16. The van der Waals surface area contributed by atoms with Crippen LogP contribution in [-0.4, -0.2) is 6.21 Å². The SMILES string of the molecule is Brc1cccc2c1N=CC2. The molecule has 0 spiro atoms. The van der Waals surface area contributed by atoms with Crippen LogP contribution in [0.1, 0.15) is 5.56 Å². The fourth-order valence-electron chi connectivity index (χ4n) is 1.10. The molecule has 1 aromatic rings. The number of para-hydroxylation sites is 1. The maximum absolute atomic E-state index is 4.23. The van der Waals surface area contributed by atoms with Crippen LogP contribution in [0.2, 0.25) is 0 Å². The van der Waals surface area contributed by atoms with E-state index in [1.54, 1.807) is 0 Å². The molecule has 10 heavy (non-hydrogen) atoms. The topological polar surface area (TPSA) is 12.4 Å². The van der Waals surface area contributed by atoms with E-state index in [2.05, 4.69) is 27.0 Å². The molecule has 0 atom stereocenters. The van der Waals surface area contributed by atoms with E-state index in [1.807, 2.05) is 18.3 Å². The van der Waals surface area contributed by atoms with Crippen LogP contribution in [0.3, 0.4) is 0 Å². The van der Waals surface area contributed by atoms with Crippen LogP contribution in [0.15, 0.2) is 27.7 Å². The van der Waals surface area contributed by atoms with Crippen LogP contribution in [0.5, 0.6) is 0 Å². The molecular weight excluding hydrogens is 190 g/mol. The van der Waals surface area contributed by atoms with Crippen molar-refractivity contribution >= 4 is 27.8 Å². The van der Waals surface area contributed by atoms with Gasteiger partial charge in [0.1, 0.15) is 0 Å². The lowest BCUT2D eigenvalue weighted by molar-refractivity contribution is 1.40. The van der Waals surface area contributed by atoms with Crippen molar-refractivity contribution in [3.63, 3.8) is 0 Å². The highest BCUT2D eigenvalue weighted by Crippen LogP contribution is 2.31. The molecule has 1 aromatic carbocycles. The molecule has 0 saturated heterocycles. The summed E-state index contributed by atoms with van der Waals surface area (Å²) in [4.78, 5) is 4.23. The van der Waals surface area contributed by atoms with Crippen LogP contribution >= 0.6 is 15.9 Å². The van der Waals surface area contributed by atoms with Crippen molar-refractivity contribution in [2.75, 3.05) is 0 Å². The van der Waals surface area contributed by atoms with Gasteiger partial charge in [0.2, 0.25) is 0 Å². The number of aliphatic imine (C=N–C) groups is 1. The highest BCUT2D eigenvalue weighted by molar-refractivity contribution is 9.10. The lowest BCUT2D eigenvalue weighted by Crippen LogP contribution is -1.76. The minimum atomic E-state index is 0.981. The lowest BCUT2D eigenvalue weighted by Gasteiger charge is -1.96. The number of nitrogens with zero attached hydrogens (tertiary/aromatic N) is 1. The van der Waals surface area contributed by atoms with E-state index in [4.69, 9.17) is 0 Å². The third-order valence-corrected chi connectivity index (χ3v) is 2.24. The predicted molar refractivity (Wildman–Crippen MR) is 46.0 cm³/mol. The Morgan fingerprint density at radius 3 is 3.10 bits per heavy atom. The highest BCUT2D eigenvalue weighted by atomic mass is 79.9. The van der Waals surface area contributed by atoms with E-state index in [9.17, 15) is 0 Å². The van der Waals surface area contributed by atoms with Crippen molar-refractivity contribution in [1.82, 2.24) is 0 Å². The smallest absolute Gasteiger partial charge is 0.0803 e. The maximum Gasteiger partial charge on any atom is 0.0803 e. The van der Waals surface area contributed by atoms with Gasteiger partial charge in [0.05, 0.1) is 5.69 Å². The van der Waals surface area contributed by atoms with Gasteiger partial charge in [0.15, 0.2) is 0 Å². The molecule has 0 saturated carbocycles. The summed E-state index contributed by atoms with van der Waals surface area (Å²) in [5, 5.41) is 0. The summed E-state index contributed by atoms with van der Waals surface area (Å²) in [5.74, 6) is 0. The Morgan fingerprint density at radius 2 is 2.30 bits per heavy atom. The molecule has 0 radical (unpaired) electrons. The second kappa shape index (κ2) is 2.20. The van der Waals surface area contributed by atoms with Crippen molar-refractivity contribution in [2.45, 2.75) is 6.42 Å². The average molecular weight is 196 g/mol. The summed E-state index contributed by atoms with van der Waals surface area (Å²) in [7, 11) is 0. The molecule has 1 heterocycles. The van der Waals surface area contributed by atoms with Crippen molar-refractivity contribution in [3.05, 3.63) is 28.2 Å². The molecule has 0 amide bonds. The molecule has 0 N–H and O–H groups in total. The minimum absolute atomic E-state index is 0.981. The van der Waals surface area contributed by atoms with E-state index >= 15 is 0 Å².